The van der Waals surface area contributed by atoms with E-state index < -0.39 is 11.6 Å². The summed E-state index contributed by atoms with van der Waals surface area (Å²) in [5.41, 5.74) is 5.28. The third-order valence-corrected chi connectivity index (χ3v) is 3.02. The molecule has 2 rings (SSSR count). The normalized spacial score (nSPS) is 23.9. The first kappa shape index (κ1) is 12.0. The highest BCUT2D eigenvalue weighted by Crippen LogP contribution is 2.22. The predicted molar refractivity (Wildman–Crippen MR) is 60.6 cm³/mol. The van der Waals surface area contributed by atoms with Gasteiger partial charge in [-0.05, 0) is 13.3 Å². The Hall–Kier alpha value is -1.43. The molecule has 1 aromatic rings. The summed E-state index contributed by atoms with van der Waals surface area (Å²) in [5, 5.41) is 2.84. The Labute approximate surface area is 98.2 Å². The lowest BCUT2D eigenvalue weighted by molar-refractivity contribution is 0.108. The molecule has 6 heteroatoms. The van der Waals surface area contributed by atoms with Crippen molar-refractivity contribution in [1.29, 1.82) is 0 Å². The lowest BCUT2D eigenvalue weighted by atomic mass is 10.0. The number of rotatable bonds is 3. The molecule has 1 aromatic heterocycles. The van der Waals surface area contributed by atoms with E-state index in [9.17, 15) is 8.78 Å². The van der Waals surface area contributed by atoms with Crippen molar-refractivity contribution < 1.29 is 13.5 Å². The second-order valence-electron chi connectivity index (χ2n) is 4.19. The van der Waals surface area contributed by atoms with E-state index in [1.165, 1.54) is 0 Å². The van der Waals surface area contributed by atoms with Crippen LogP contribution in [0.2, 0.25) is 0 Å². The van der Waals surface area contributed by atoms with Crippen molar-refractivity contribution >= 4 is 11.6 Å². The number of halogens is 2. The van der Waals surface area contributed by atoms with Crippen LogP contribution < -0.4 is 11.1 Å². The molecule has 1 saturated heterocycles. The van der Waals surface area contributed by atoms with Crippen molar-refractivity contribution in [3.8, 4) is 0 Å². The summed E-state index contributed by atoms with van der Waals surface area (Å²) < 4.78 is 31.6. The molecule has 0 saturated carbocycles. The highest BCUT2D eigenvalue weighted by molar-refractivity contribution is 5.44. The fourth-order valence-electron chi connectivity index (χ4n) is 1.88. The van der Waals surface area contributed by atoms with Crippen molar-refractivity contribution in [3.05, 3.63) is 17.7 Å². The summed E-state index contributed by atoms with van der Waals surface area (Å²) in [6, 6.07) is 0.735. The van der Waals surface area contributed by atoms with Crippen LogP contribution in [0.15, 0.2) is 6.07 Å². The van der Waals surface area contributed by atoms with Gasteiger partial charge >= 0.3 is 0 Å². The molecule has 1 aliphatic rings. The van der Waals surface area contributed by atoms with E-state index in [0.29, 0.717) is 12.5 Å². The van der Waals surface area contributed by atoms with Crippen LogP contribution in [-0.2, 0) is 4.74 Å². The van der Waals surface area contributed by atoms with Crippen LogP contribution >= 0.6 is 0 Å². The lowest BCUT2D eigenvalue weighted by Crippen LogP contribution is -2.21. The molecular weight excluding hydrogens is 228 g/mol. The van der Waals surface area contributed by atoms with Crippen LogP contribution in [-0.4, -0.2) is 24.2 Å². The number of nitrogens with two attached hydrogens (primary N) is 1. The van der Waals surface area contributed by atoms with Gasteiger partial charge in [0.25, 0.3) is 0 Å². The molecule has 2 unspecified atom stereocenters. The molecule has 0 aliphatic carbocycles. The Morgan fingerprint density at radius 1 is 1.53 bits per heavy atom. The molecule has 4 nitrogen and oxygen atoms in total. The van der Waals surface area contributed by atoms with E-state index in [4.69, 9.17) is 10.5 Å². The number of nitrogens with zero attached hydrogens (tertiary/aromatic N) is 1. The van der Waals surface area contributed by atoms with Gasteiger partial charge in [0, 0.05) is 25.1 Å². The van der Waals surface area contributed by atoms with Crippen LogP contribution in [0.3, 0.4) is 0 Å². The Kier molecular flexibility index (Phi) is 3.42. The van der Waals surface area contributed by atoms with E-state index >= 15 is 0 Å². The van der Waals surface area contributed by atoms with Crippen molar-refractivity contribution in [2.75, 3.05) is 24.2 Å². The largest absolute Gasteiger partial charge is 0.381 e. The minimum atomic E-state index is -0.842. The first-order valence-electron chi connectivity index (χ1n) is 5.55. The third-order valence-electron chi connectivity index (χ3n) is 3.02. The Balaban J connectivity index is 2.01. The predicted octanol–water partition coefficient (Wildman–Crippen LogP) is 1.78. The van der Waals surface area contributed by atoms with Crippen LogP contribution in [0.1, 0.15) is 13.3 Å². The average molecular weight is 243 g/mol. The zero-order chi connectivity index (χ0) is 12.4. The number of nitrogen functional groups attached to an aromatic ring is 1. The second kappa shape index (κ2) is 4.83. The molecule has 0 bridgehead atoms. The smallest absolute Gasteiger partial charge is 0.168 e. The van der Waals surface area contributed by atoms with E-state index in [0.717, 1.165) is 19.1 Å². The first-order valence-corrected chi connectivity index (χ1v) is 5.55. The number of nitrogens with one attached hydrogen (secondary N) is 1. The maximum Gasteiger partial charge on any atom is 0.168 e. The van der Waals surface area contributed by atoms with Gasteiger partial charge in [-0.3, -0.25) is 0 Å². The first-order chi connectivity index (χ1) is 8.08. The van der Waals surface area contributed by atoms with E-state index in [-0.39, 0.29) is 17.7 Å². The van der Waals surface area contributed by atoms with Crippen molar-refractivity contribution in [3.63, 3.8) is 0 Å². The molecule has 1 fully saturated rings. The summed E-state index contributed by atoms with van der Waals surface area (Å²) in [6.45, 7) is 3.23. The minimum absolute atomic E-state index is 0.0111. The van der Waals surface area contributed by atoms with Crippen LogP contribution in [0.25, 0.3) is 0 Å². The molecule has 0 amide bonds. The van der Waals surface area contributed by atoms with Gasteiger partial charge in [0.2, 0.25) is 0 Å². The molecule has 94 valence electrons. The van der Waals surface area contributed by atoms with E-state index in [1.54, 1.807) is 0 Å². The zero-order valence-electron chi connectivity index (χ0n) is 9.54. The second-order valence-corrected chi connectivity index (χ2v) is 4.19. The highest BCUT2D eigenvalue weighted by atomic mass is 19.1. The van der Waals surface area contributed by atoms with Gasteiger partial charge in [-0.1, -0.05) is 0 Å². The van der Waals surface area contributed by atoms with Crippen molar-refractivity contribution in [2.45, 2.75) is 19.4 Å². The number of pyridine rings is 1. The molecule has 1 aliphatic heterocycles. The summed E-state index contributed by atoms with van der Waals surface area (Å²) in [7, 11) is 0. The van der Waals surface area contributed by atoms with Crippen LogP contribution in [0.4, 0.5) is 20.4 Å². The average Bonchev–Trinajstić information content (AvgIpc) is 2.68. The Bertz CT molecular complexity index is 414. The van der Waals surface area contributed by atoms with Gasteiger partial charge in [-0.25, -0.2) is 13.8 Å². The Morgan fingerprint density at radius 2 is 2.29 bits per heavy atom. The highest BCUT2D eigenvalue weighted by Gasteiger charge is 2.24. The third kappa shape index (κ3) is 2.63. The molecule has 2 atom stereocenters. The quantitative estimate of drug-likeness (QED) is 0.849. The lowest BCUT2D eigenvalue weighted by Gasteiger charge is -2.15. The number of aromatic nitrogens is 1. The van der Waals surface area contributed by atoms with E-state index in [1.807, 2.05) is 6.92 Å². The maximum absolute atomic E-state index is 13.3. The number of hydrogen-bond acceptors (Lipinski definition) is 4. The van der Waals surface area contributed by atoms with Crippen molar-refractivity contribution in [1.82, 2.24) is 4.98 Å². The van der Waals surface area contributed by atoms with Gasteiger partial charge in [-0.15, -0.1) is 0 Å². The molecule has 0 spiro atoms. The minimum Gasteiger partial charge on any atom is -0.381 e. The number of hydrogen-bond donors (Lipinski definition) is 2. The maximum atomic E-state index is 13.3. The number of ether oxygens (including phenoxy) is 1. The standard InChI is InChI=1S/C11H15F2N3O/c1-6-7(2-3-17-6)5-15-11-9(13)4-8(12)10(14)16-11/h4,6-7H,2-3,5H2,1H3,(H3,14,15,16). The molecule has 17 heavy (non-hydrogen) atoms. The fourth-order valence-corrected chi connectivity index (χ4v) is 1.88. The Morgan fingerprint density at radius 3 is 2.94 bits per heavy atom. The summed E-state index contributed by atoms with van der Waals surface area (Å²) in [5.74, 6) is -1.58. The zero-order valence-corrected chi connectivity index (χ0v) is 9.54. The molecule has 0 radical (unpaired) electrons. The van der Waals surface area contributed by atoms with Gasteiger partial charge in [0.05, 0.1) is 6.10 Å². The molecule has 2 heterocycles. The molecule has 0 aromatic carbocycles. The fraction of sp³-hybridized carbons (Fsp3) is 0.545. The summed E-state index contributed by atoms with van der Waals surface area (Å²) >= 11 is 0. The SMILES string of the molecule is CC1OCCC1CNc1nc(N)c(F)cc1F. The topological polar surface area (TPSA) is 60.2 Å². The number of anilines is 2. The molecule has 3 N–H and O–H groups in total. The van der Waals surface area contributed by atoms with Gasteiger partial charge in [0.15, 0.2) is 23.3 Å². The van der Waals surface area contributed by atoms with Gasteiger partial charge < -0.3 is 15.8 Å². The van der Waals surface area contributed by atoms with Gasteiger partial charge in [-0.2, -0.15) is 0 Å². The van der Waals surface area contributed by atoms with Crippen LogP contribution in [0.5, 0.6) is 0 Å². The monoisotopic (exact) mass is 243 g/mol. The van der Waals surface area contributed by atoms with Crippen LogP contribution in [0, 0.1) is 17.6 Å². The summed E-state index contributed by atoms with van der Waals surface area (Å²) in [6.07, 6.45) is 1.07. The van der Waals surface area contributed by atoms with E-state index in [2.05, 4.69) is 10.3 Å². The van der Waals surface area contributed by atoms with Crippen molar-refractivity contribution in [2.24, 2.45) is 5.92 Å². The molecular formula is C11H15F2N3O. The van der Waals surface area contributed by atoms with Gasteiger partial charge in [0.1, 0.15) is 0 Å². The summed E-state index contributed by atoms with van der Waals surface area (Å²) in [4.78, 5) is 3.63.